The lowest BCUT2D eigenvalue weighted by atomic mass is 9.70. The second-order valence-corrected chi connectivity index (χ2v) is 11.8. The summed E-state index contributed by atoms with van der Waals surface area (Å²) in [6.07, 6.45) is 2.53. The van der Waals surface area contributed by atoms with Crippen molar-refractivity contribution >= 4 is 33.1 Å². The minimum Gasteiger partial charge on any atom is -0.464 e. The highest BCUT2D eigenvalue weighted by Gasteiger charge is 2.65. The van der Waals surface area contributed by atoms with Crippen LogP contribution in [0, 0.1) is 16.7 Å². The first-order valence-corrected chi connectivity index (χ1v) is 13.2. The van der Waals surface area contributed by atoms with E-state index in [1.54, 1.807) is 5.38 Å². The molecule has 8 nitrogen and oxygen atoms in total. The summed E-state index contributed by atoms with van der Waals surface area (Å²) in [6, 6.07) is 0. The van der Waals surface area contributed by atoms with Crippen LogP contribution < -0.4 is 0 Å². The number of ether oxygens (including phenoxy) is 2. The van der Waals surface area contributed by atoms with Gasteiger partial charge in [-0.3, -0.25) is 4.79 Å². The van der Waals surface area contributed by atoms with Gasteiger partial charge < -0.3 is 9.47 Å². The summed E-state index contributed by atoms with van der Waals surface area (Å²) >= 11 is 1.22. The number of thiazole rings is 1. The number of hydrogen-bond donors (Lipinski definition) is 0. The van der Waals surface area contributed by atoms with Gasteiger partial charge in [0.15, 0.2) is 5.69 Å². The normalized spacial score (nSPS) is 24.8. The van der Waals surface area contributed by atoms with Gasteiger partial charge >= 0.3 is 5.97 Å². The van der Waals surface area contributed by atoms with Crippen molar-refractivity contribution in [2.45, 2.75) is 53.0 Å². The summed E-state index contributed by atoms with van der Waals surface area (Å²) in [6.45, 7) is 7.30. The Bertz CT molecular complexity index is 926. The minimum atomic E-state index is -3.75. The lowest BCUT2D eigenvalue weighted by Crippen LogP contribution is -2.46. The fraction of sp³-hybridized carbons (Fsp3) is 0.762. The first kappa shape index (κ1) is 24.3. The van der Waals surface area contributed by atoms with Crippen molar-refractivity contribution in [1.29, 1.82) is 0 Å². The molecule has 1 heterocycles. The Balaban J connectivity index is 1.82. The van der Waals surface area contributed by atoms with E-state index in [1.165, 1.54) is 22.8 Å². The number of fused-ring (bicyclic) bond motifs is 2. The maximum absolute atomic E-state index is 13.6. The van der Waals surface area contributed by atoms with Crippen LogP contribution in [0.2, 0.25) is 0 Å². The average molecular weight is 473 g/mol. The van der Waals surface area contributed by atoms with E-state index in [9.17, 15) is 18.0 Å². The van der Waals surface area contributed by atoms with E-state index in [-0.39, 0.29) is 41.7 Å². The van der Waals surface area contributed by atoms with E-state index in [0.29, 0.717) is 37.5 Å². The lowest BCUT2D eigenvalue weighted by Gasteiger charge is -2.37. The van der Waals surface area contributed by atoms with Crippen molar-refractivity contribution < 1.29 is 27.5 Å². The van der Waals surface area contributed by atoms with Crippen molar-refractivity contribution in [2.75, 3.05) is 32.6 Å². The number of methoxy groups -OCH3 is 1. The van der Waals surface area contributed by atoms with Crippen LogP contribution in [0.1, 0.15) is 62.0 Å². The van der Waals surface area contributed by atoms with Crippen LogP contribution >= 0.6 is 11.3 Å². The molecule has 174 valence electrons. The molecule has 2 aliphatic carbocycles. The van der Waals surface area contributed by atoms with Crippen LogP contribution in [0.3, 0.4) is 0 Å². The molecule has 2 aliphatic rings. The summed E-state index contributed by atoms with van der Waals surface area (Å²) in [5.41, 5.74) is -0.985. The van der Waals surface area contributed by atoms with E-state index >= 15 is 0 Å². The molecule has 0 aliphatic heterocycles. The van der Waals surface area contributed by atoms with Crippen LogP contribution in [-0.4, -0.2) is 62.1 Å². The summed E-state index contributed by atoms with van der Waals surface area (Å²) in [5, 5.41) is 2.08. The summed E-state index contributed by atoms with van der Waals surface area (Å²) < 4.78 is 38.6. The molecule has 0 N–H and O–H groups in total. The van der Waals surface area contributed by atoms with E-state index in [2.05, 4.69) is 9.72 Å². The lowest BCUT2D eigenvalue weighted by molar-refractivity contribution is -0.128. The standard InChI is InChI=1S/C21H32N2O6S2/c1-5-29-10-6-9-23(12-18-22-16(13-30-18)19(25)28-4)31(26,27)14-21-8-7-15(11-17(21)24)20(21,2)3/h13,15H,5-12,14H2,1-4H3. The van der Waals surface area contributed by atoms with E-state index < -0.39 is 21.4 Å². The number of nitrogens with zero attached hydrogens (tertiary/aromatic N) is 2. The van der Waals surface area contributed by atoms with Crippen LogP contribution in [0.5, 0.6) is 0 Å². The highest BCUT2D eigenvalue weighted by Crippen LogP contribution is 2.64. The van der Waals surface area contributed by atoms with E-state index in [4.69, 9.17) is 4.74 Å². The Morgan fingerprint density at radius 2 is 2.13 bits per heavy atom. The van der Waals surface area contributed by atoms with Gasteiger partial charge in [-0.15, -0.1) is 11.3 Å². The molecular formula is C21H32N2O6S2. The van der Waals surface area contributed by atoms with E-state index in [1.807, 2.05) is 20.8 Å². The molecule has 0 spiro atoms. The molecule has 10 heteroatoms. The van der Waals surface area contributed by atoms with Gasteiger partial charge in [-0.25, -0.2) is 18.2 Å². The Morgan fingerprint density at radius 1 is 1.39 bits per heavy atom. The van der Waals surface area contributed by atoms with Gasteiger partial charge in [-0.1, -0.05) is 13.8 Å². The molecule has 2 atom stereocenters. The molecule has 1 aromatic heterocycles. The zero-order chi connectivity index (χ0) is 22.9. The van der Waals surface area contributed by atoms with Crippen molar-refractivity contribution in [1.82, 2.24) is 9.29 Å². The van der Waals surface area contributed by atoms with Crippen LogP contribution in [0.4, 0.5) is 0 Å². The number of carbonyl (C=O) groups excluding carboxylic acids is 2. The third kappa shape index (κ3) is 4.58. The Morgan fingerprint density at radius 3 is 2.71 bits per heavy atom. The molecule has 0 aromatic carbocycles. The minimum absolute atomic E-state index is 0.0598. The van der Waals surface area contributed by atoms with Gasteiger partial charge in [0.2, 0.25) is 10.0 Å². The van der Waals surface area contributed by atoms with Crippen molar-refractivity contribution in [3.63, 3.8) is 0 Å². The molecule has 0 radical (unpaired) electrons. The molecule has 3 rings (SSSR count). The number of sulfonamides is 1. The molecule has 0 saturated heterocycles. The number of Topliss-reactive ketones (excluding diaryl/α,β-unsaturated/α-hetero) is 1. The largest absolute Gasteiger partial charge is 0.464 e. The summed E-state index contributed by atoms with van der Waals surface area (Å²) in [4.78, 5) is 28.8. The fourth-order valence-electron chi connectivity index (χ4n) is 5.05. The summed E-state index contributed by atoms with van der Waals surface area (Å²) in [7, 11) is -2.47. The number of hydrogen-bond acceptors (Lipinski definition) is 8. The smallest absolute Gasteiger partial charge is 0.357 e. The first-order chi connectivity index (χ1) is 14.6. The first-order valence-electron chi connectivity index (χ1n) is 10.7. The highest BCUT2D eigenvalue weighted by molar-refractivity contribution is 7.89. The molecule has 2 fully saturated rings. The number of esters is 1. The fourth-order valence-corrected chi connectivity index (χ4v) is 8.12. The average Bonchev–Trinajstić information content (AvgIpc) is 3.32. The van der Waals surface area contributed by atoms with Crippen LogP contribution in [-0.2, 0) is 30.8 Å². The molecule has 31 heavy (non-hydrogen) atoms. The monoisotopic (exact) mass is 472 g/mol. The molecule has 2 unspecified atom stereocenters. The molecular weight excluding hydrogens is 440 g/mol. The quantitative estimate of drug-likeness (QED) is 0.360. The number of carbonyl (C=O) groups is 2. The number of ketones is 1. The molecule has 2 bridgehead atoms. The maximum atomic E-state index is 13.6. The third-order valence-corrected chi connectivity index (χ3v) is 9.91. The Hall–Kier alpha value is -1.36. The summed E-state index contributed by atoms with van der Waals surface area (Å²) in [5.74, 6) is -0.397. The van der Waals surface area contributed by atoms with Gasteiger partial charge in [0, 0.05) is 37.0 Å². The maximum Gasteiger partial charge on any atom is 0.357 e. The highest BCUT2D eigenvalue weighted by atomic mass is 32.2. The van der Waals surface area contributed by atoms with Gasteiger partial charge in [-0.2, -0.15) is 4.31 Å². The molecule has 1 aromatic rings. The zero-order valence-electron chi connectivity index (χ0n) is 18.7. The predicted molar refractivity (Wildman–Crippen MR) is 117 cm³/mol. The SMILES string of the molecule is CCOCCCN(Cc1nc(C(=O)OC)cs1)S(=O)(=O)CC12CCC(CC1=O)C2(C)C. The predicted octanol–water partition coefficient (Wildman–Crippen LogP) is 2.88. The van der Waals surface area contributed by atoms with Crippen molar-refractivity contribution in [3.8, 4) is 0 Å². The van der Waals surface area contributed by atoms with Crippen molar-refractivity contribution in [3.05, 3.63) is 16.1 Å². The topological polar surface area (TPSA) is 103 Å². The van der Waals surface area contributed by atoms with Crippen molar-refractivity contribution in [2.24, 2.45) is 16.7 Å². The number of rotatable bonds is 11. The molecule has 0 amide bonds. The van der Waals surface area contributed by atoms with E-state index in [0.717, 1.165) is 6.42 Å². The second kappa shape index (κ2) is 9.25. The van der Waals surface area contributed by atoms with Crippen LogP contribution in [0.15, 0.2) is 5.38 Å². The van der Waals surface area contributed by atoms with Gasteiger partial charge in [-0.05, 0) is 37.5 Å². The third-order valence-electron chi connectivity index (χ3n) is 7.12. The van der Waals surface area contributed by atoms with Gasteiger partial charge in [0.25, 0.3) is 0 Å². The number of aromatic nitrogens is 1. The zero-order valence-corrected chi connectivity index (χ0v) is 20.3. The second-order valence-electron chi connectivity index (χ2n) is 8.93. The Kier molecular flexibility index (Phi) is 7.25. The Labute approximate surface area is 188 Å². The van der Waals surface area contributed by atoms with Crippen LogP contribution in [0.25, 0.3) is 0 Å². The van der Waals surface area contributed by atoms with Gasteiger partial charge in [0.05, 0.1) is 19.4 Å². The molecule has 2 saturated carbocycles. The van der Waals surface area contributed by atoms with Gasteiger partial charge in [0.1, 0.15) is 10.8 Å².